The molecule has 3 aromatic heterocycles. The third kappa shape index (κ3) is 6.08. The Labute approximate surface area is 358 Å². The van der Waals surface area contributed by atoms with Crippen LogP contribution in [-0.4, -0.2) is 14.5 Å². The van der Waals surface area contributed by atoms with Gasteiger partial charge in [0.15, 0.2) is 5.82 Å². The predicted molar refractivity (Wildman–Crippen MR) is 256 cm³/mol. The van der Waals surface area contributed by atoms with E-state index in [0.29, 0.717) is 5.82 Å². The minimum Gasteiger partial charge on any atom is -0.455 e. The molecule has 0 saturated heterocycles. The van der Waals surface area contributed by atoms with Crippen LogP contribution >= 0.6 is 0 Å². The number of para-hydroxylation sites is 3. The smallest absolute Gasteiger partial charge is 0.160 e. The topological polar surface area (TPSA) is 43.9 Å². The van der Waals surface area contributed by atoms with E-state index < -0.39 is 0 Å². The van der Waals surface area contributed by atoms with Gasteiger partial charge in [-0.2, -0.15) is 0 Å². The van der Waals surface area contributed by atoms with E-state index in [-0.39, 0.29) is 0 Å². The maximum Gasteiger partial charge on any atom is 0.160 e. The minimum absolute atomic E-state index is 0.665. The maximum absolute atomic E-state index is 6.46. The standard InChI is InChI=1S/C58H37N3O/c1-4-16-38(17-5-1)40-32-33-53-50(36-40)56-46(27-15-30-54(56)61(53)45-24-8-3-9-25-45)41-20-13-23-44(35-41)58-59-51(39-18-6-2-7-19-39)37-52(60-58)43-22-12-21-42(34-43)47-28-14-29-49-48-26-10-11-31-55(48)62-57(47)49/h1-37H. The van der Waals surface area contributed by atoms with Gasteiger partial charge in [0.25, 0.3) is 0 Å². The second-order valence-corrected chi connectivity index (χ2v) is 15.7. The van der Waals surface area contributed by atoms with Gasteiger partial charge in [-0.25, -0.2) is 9.97 Å². The molecule has 0 aliphatic rings. The first kappa shape index (κ1) is 35.6. The zero-order valence-corrected chi connectivity index (χ0v) is 33.6. The molecule has 0 aliphatic heterocycles. The first-order chi connectivity index (χ1) is 30.7. The molecule has 0 N–H and O–H groups in total. The molecule has 9 aromatic carbocycles. The Morgan fingerprint density at radius 3 is 1.73 bits per heavy atom. The van der Waals surface area contributed by atoms with Crippen LogP contribution in [-0.2, 0) is 0 Å². The zero-order chi connectivity index (χ0) is 41.0. The van der Waals surface area contributed by atoms with Gasteiger partial charge < -0.3 is 8.98 Å². The van der Waals surface area contributed by atoms with E-state index >= 15 is 0 Å². The summed E-state index contributed by atoms with van der Waals surface area (Å²) < 4.78 is 8.84. The predicted octanol–water partition coefficient (Wildman–Crippen LogP) is 15.5. The SMILES string of the molecule is c1ccc(-c2ccc3c(c2)c2c(-c4cccc(-c5nc(-c6ccccc6)cc(-c6cccc(-c7cccc8c7oc7ccccc78)c6)n5)c4)cccc2n3-c2ccccc2)cc1. The summed E-state index contributed by atoms with van der Waals surface area (Å²) in [7, 11) is 0. The monoisotopic (exact) mass is 791 g/mol. The average molecular weight is 792 g/mol. The lowest BCUT2D eigenvalue weighted by atomic mass is 9.96. The lowest BCUT2D eigenvalue weighted by molar-refractivity contribution is 0.670. The fourth-order valence-corrected chi connectivity index (χ4v) is 9.10. The van der Waals surface area contributed by atoms with Crippen molar-refractivity contribution in [3.63, 3.8) is 0 Å². The number of aromatic nitrogens is 3. The molecular weight excluding hydrogens is 755 g/mol. The molecule has 0 bridgehead atoms. The third-order valence-electron chi connectivity index (χ3n) is 12.0. The van der Waals surface area contributed by atoms with Crippen molar-refractivity contribution in [1.29, 1.82) is 0 Å². The largest absolute Gasteiger partial charge is 0.455 e. The first-order valence-corrected chi connectivity index (χ1v) is 21.0. The summed E-state index contributed by atoms with van der Waals surface area (Å²) >= 11 is 0. The van der Waals surface area contributed by atoms with Gasteiger partial charge in [0.1, 0.15) is 11.2 Å². The van der Waals surface area contributed by atoms with E-state index in [0.717, 1.165) is 89.0 Å². The quantitative estimate of drug-likeness (QED) is 0.161. The van der Waals surface area contributed by atoms with Gasteiger partial charge in [-0.1, -0.05) is 170 Å². The molecule has 12 aromatic rings. The summed E-state index contributed by atoms with van der Waals surface area (Å²) in [5, 5.41) is 4.63. The molecule has 0 atom stereocenters. The van der Waals surface area contributed by atoms with Crippen molar-refractivity contribution in [3.8, 4) is 73.0 Å². The van der Waals surface area contributed by atoms with Crippen LogP contribution in [0.4, 0.5) is 0 Å². The molecule has 0 unspecified atom stereocenters. The van der Waals surface area contributed by atoms with Crippen molar-refractivity contribution < 1.29 is 4.42 Å². The van der Waals surface area contributed by atoms with Gasteiger partial charge in [0.05, 0.1) is 22.4 Å². The van der Waals surface area contributed by atoms with Crippen molar-refractivity contribution in [2.24, 2.45) is 0 Å². The lowest BCUT2D eigenvalue weighted by Crippen LogP contribution is -1.96. The molecule has 0 amide bonds. The second kappa shape index (κ2) is 14.7. The number of hydrogen-bond donors (Lipinski definition) is 0. The summed E-state index contributed by atoms with van der Waals surface area (Å²) in [6.07, 6.45) is 0. The summed E-state index contributed by atoms with van der Waals surface area (Å²) in [5.41, 5.74) is 16.6. The van der Waals surface area contributed by atoms with E-state index in [4.69, 9.17) is 14.4 Å². The zero-order valence-electron chi connectivity index (χ0n) is 33.6. The number of furan rings is 1. The summed E-state index contributed by atoms with van der Waals surface area (Å²) in [5.74, 6) is 0.665. The highest BCUT2D eigenvalue weighted by Crippen LogP contribution is 2.42. The Hall–Kier alpha value is -8.34. The van der Waals surface area contributed by atoms with Gasteiger partial charge >= 0.3 is 0 Å². The van der Waals surface area contributed by atoms with Crippen LogP contribution in [0.2, 0.25) is 0 Å². The first-order valence-electron chi connectivity index (χ1n) is 21.0. The lowest BCUT2D eigenvalue weighted by Gasteiger charge is -2.12. The molecule has 4 heteroatoms. The summed E-state index contributed by atoms with van der Waals surface area (Å²) in [6.45, 7) is 0. The van der Waals surface area contributed by atoms with Crippen LogP contribution < -0.4 is 0 Å². The molecule has 12 rings (SSSR count). The highest BCUT2D eigenvalue weighted by molar-refractivity contribution is 6.17. The third-order valence-corrected chi connectivity index (χ3v) is 12.0. The van der Waals surface area contributed by atoms with E-state index in [1.807, 2.05) is 18.2 Å². The molecule has 0 spiro atoms. The Kier molecular flexibility index (Phi) is 8.46. The van der Waals surface area contributed by atoms with Gasteiger partial charge in [0.2, 0.25) is 0 Å². The van der Waals surface area contributed by atoms with Gasteiger partial charge in [-0.15, -0.1) is 0 Å². The summed E-state index contributed by atoms with van der Waals surface area (Å²) in [4.78, 5) is 10.6. The van der Waals surface area contributed by atoms with Crippen LogP contribution in [0.3, 0.4) is 0 Å². The van der Waals surface area contributed by atoms with Crippen LogP contribution in [0.25, 0.3) is 117 Å². The molecular formula is C58H37N3O. The number of fused-ring (bicyclic) bond motifs is 6. The molecule has 0 radical (unpaired) electrons. The molecule has 0 fully saturated rings. The van der Waals surface area contributed by atoms with E-state index in [1.54, 1.807) is 0 Å². The van der Waals surface area contributed by atoms with Crippen molar-refractivity contribution in [3.05, 3.63) is 224 Å². The Morgan fingerprint density at radius 1 is 0.339 bits per heavy atom. The van der Waals surface area contributed by atoms with Gasteiger partial charge in [-0.3, -0.25) is 0 Å². The Morgan fingerprint density at radius 2 is 0.919 bits per heavy atom. The minimum atomic E-state index is 0.665. The van der Waals surface area contributed by atoms with E-state index in [1.165, 1.54) is 21.9 Å². The van der Waals surface area contributed by atoms with Crippen LogP contribution in [0.1, 0.15) is 0 Å². The molecule has 0 saturated carbocycles. The summed E-state index contributed by atoms with van der Waals surface area (Å²) in [6, 6.07) is 79.1. The maximum atomic E-state index is 6.46. The normalized spacial score (nSPS) is 11.5. The van der Waals surface area contributed by atoms with Crippen molar-refractivity contribution >= 4 is 43.7 Å². The highest BCUT2D eigenvalue weighted by Gasteiger charge is 2.19. The number of nitrogens with zero attached hydrogens (tertiary/aromatic N) is 3. The Bertz CT molecular complexity index is 3620. The van der Waals surface area contributed by atoms with Crippen LogP contribution in [0.15, 0.2) is 229 Å². The van der Waals surface area contributed by atoms with Gasteiger partial charge in [-0.05, 0) is 82.4 Å². The molecule has 62 heavy (non-hydrogen) atoms. The van der Waals surface area contributed by atoms with Crippen molar-refractivity contribution in [1.82, 2.24) is 14.5 Å². The van der Waals surface area contributed by atoms with Crippen molar-refractivity contribution in [2.75, 3.05) is 0 Å². The number of benzene rings is 9. The fraction of sp³-hybridized carbons (Fsp3) is 0. The molecule has 3 heterocycles. The number of hydrogen-bond acceptors (Lipinski definition) is 3. The highest BCUT2D eigenvalue weighted by atomic mass is 16.3. The Balaban J connectivity index is 1.02. The fourth-order valence-electron chi connectivity index (χ4n) is 9.10. The van der Waals surface area contributed by atoms with E-state index in [9.17, 15) is 0 Å². The van der Waals surface area contributed by atoms with Crippen molar-refractivity contribution in [2.45, 2.75) is 0 Å². The second-order valence-electron chi connectivity index (χ2n) is 15.7. The molecule has 0 aliphatic carbocycles. The van der Waals surface area contributed by atoms with Gasteiger partial charge in [0, 0.05) is 49.5 Å². The average Bonchev–Trinajstić information content (AvgIpc) is 3.90. The van der Waals surface area contributed by atoms with E-state index in [2.05, 4.69) is 211 Å². The van der Waals surface area contributed by atoms with Crippen LogP contribution in [0, 0.1) is 0 Å². The van der Waals surface area contributed by atoms with Crippen LogP contribution in [0.5, 0.6) is 0 Å². The molecule has 4 nitrogen and oxygen atoms in total. The molecule has 290 valence electrons. The number of rotatable bonds is 7.